The van der Waals surface area contributed by atoms with Crippen LogP contribution in [0.15, 0.2) is 30.3 Å². The first kappa shape index (κ1) is 15.6. The number of nitrogens with zero attached hydrogens (tertiary/aromatic N) is 3. The number of urea groups is 1. The number of aromatic nitrogens is 2. The fraction of sp³-hybridized carbons (Fsp3) is 0.444. The number of nitrogens with one attached hydrogen (secondary N) is 1. The Labute approximate surface area is 137 Å². The SMILES string of the molecule is Cc1nn(Cc2ccccc2)c(C)c1CNC(=O)N1CCCC1. The first-order valence-corrected chi connectivity index (χ1v) is 8.24. The lowest BCUT2D eigenvalue weighted by Crippen LogP contribution is -2.37. The van der Waals surface area contributed by atoms with E-state index < -0.39 is 0 Å². The summed E-state index contributed by atoms with van der Waals surface area (Å²) < 4.78 is 2.02. The highest BCUT2D eigenvalue weighted by Gasteiger charge is 2.19. The van der Waals surface area contributed by atoms with Crippen molar-refractivity contribution in [3.8, 4) is 0 Å². The van der Waals surface area contributed by atoms with Gasteiger partial charge in [0.2, 0.25) is 0 Å². The zero-order chi connectivity index (χ0) is 16.2. The van der Waals surface area contributed by atoms with Gasteiger partial charge in [0.25, 0.3) is 0 Å². The van der Waals surface area contributed by atoms with Crippen LogP contribution in [-0.4, -0.2) is 33.8 Å². The van der Waals surface area contributed by atoms with E-state index in [0.29, 0.717) is 6.54 Å². The van der Waals surface area contributed by atoms with Crippen LogP contribution in [0.4, 0.5) is 4.79 Å². The molecule has 0 spiro atoms. The molecule has 0 radical (unpaired) electrons. The fourth-order valence-corrected chi connectivity index (χ4v) is 3.10. The minimum atomic E-state index is 0.0390. The van der Waals surface area contributed by atoms with Crippen molar-refractivity contribution in [2.45, 2.75) is 39.8 Å². The molecule has 1 aromatic heterocycles. The summed E-state index contributed by atoms with van der Waals surface area (Å²) in [7, 11) is 0. The van der Waals surface area contributed by atoms with Gasteiger partial charge >= 0.3 is 6.03 Å². The molecular weight excluding hydrogens is 288 g/mol. The molecule has 1 aliphatic heterocycles. The molecule has 1 saturated heterocycles. The molecule has 2 aromatic rings. The number of rotatable bonds is 4. The van der Waals surface area contributed by atoms with Crippen LogP contribution < -0.4 is 5.32 Å². The number of likely N-dealkylation sites (tertiary alicyclic amines) is 1. The van der Waals surface area contributed by atoms with Crippen molar-refractivity contribution in [1.29, 1.82) is 0 Å². The molecule has 1 aromatic carbocycles. The molecule has 0 aliphatic carbocycles. The lowest BCUT2D eigenvalue weighted by Gasteiger charge is -2.16. The van der Waals surface area contributed by atoms with Crippen molar-refractivity contribution in [2.75, 3.05) is 13.1 Å². The van der Waals surface area contributed by atoms with E-state index in [2.05, 4.69) is 29.5 Å². The minimum Gasteiger partial charge on any atom is -0.334 e. The third-order valence-corrected chi connectivity index (χ3v) is 4.52. The number of benzene rings is 1. The molecule has 1 N–H and O–H groups in total. The Morgan fingerprint density at radius 2 is 1.87 bits per heavy atom. The summed E-state index contributed by atoms with van der Waals surface area (Å²) in [5.41, 5.74) is 4.45. The Balaban J connectivity index is 1.67. The van der Waals surface area contributed by atoms with Gasteiger partial charge in [-0.15, -0.1) is 0 Å². The predicted octanol–water partition coefficient (Wildman–Crippen LogP) is 2.85. The van der Waals surface area contributed by atoms with E-state index >= 15 is 0 Å². The van der Waals surface area contributed by atoms with Crippen LogP contribution in [0.2, 0.25) is 0 Å². The Kier molecular flexibility index (Phi) is 4.65. The number of carbonyl (C=O) groups is 1. The lowest BCUT2D eigenvalue weighted by atomic mass is 10.2. The van der Waals surface area contributed by atoms with E-state index in [1.165, 1.54) is 5.56 Å². The van der Waals surface area contributed by atoms with Crippen LogP contribution >= 0.6 is 0 Å². The average molecular weight is 312 g/mol. The second-order valence-electron chi connectivity index (χ2n) is 6.15. The highest BCUT2D eigenvalue weighted by atomic mass is 16.2. The van der Waals surface area contributed by atoms with Crippen molar-refractivity contribution in [2.24, 2.45) is 0 Å². The largest absolute Gasteiger partial charge is 0.334 e. The summed E-state index contributed by atoms with van der Waals surface area (Å²) in [5.74, 6) is 0. The van der Waals surface area contributed by atoms with Crippen molar-refractivity contribution in [1.82, 2.24) is 20.0 Å². The highest BCUT2D eigenvalue weighted by molar-refractivity contribution is 5.74. The smallest absolute Gasteiger partial charge is 0.317 e. The molecule has 0 atom stereocenters. The molecule has 0 unspecified atom stereocenters. The van der Waals surface area contributed by atoms with Gasteiger partial charge in [-0.1, -0.05) is 30.3 Å². The predicted molar refractivity (Wildman–Crippen MR) is 90.3 cm³/mol. The molecule has 2 heterocycles. The molecule has 0 saturated carbocycles. The van der Waals surface area contributed by atoms with Crippen molar-refractivity contribution in [3.05, 3.63) is 52.8 Å². The molecule has 2 amide bonds. The van der Waals surface area contributed by atoms with Gasteiger partial charge in [-0.2, -0.15) is 5.10 Å². The van der Waals surface area contributed by atoms with Gasteiger partial charge in [-0.05, 0) is 32.3 Å². The minimum absolute atomic E-state index is 0.0390. The van der Waals surface area contributed by atoms with Gasteiger partial charge in [0.05, 0.1) is 12.2 Å². The molecule has 3 rings (SSSR count). The van der Waals surface area contributed by atoms with Crippen LogP contribution in [-0.2, 0) is 13.1 Å². The van der Waals surface area contributed by atoms with Gasteiger partial charge in [0, 0.05) is 30.9 Å². The first-order chi connectivity index (χ1) is 11.1. The molecule has 122 valence electrons. The van der Waals surface area contributed by atoms with Crippen molar-refractivity contribution in [3.63, 3.8) is 0 Å². The third-order valence-electron chi connectivity index (χ3n) is 4.52. The van der Waals surface area contributed by atoms with Crippen LogP contribution in [0.25, 0.3) is 0 Å². The Morgan fingerprint density at radius 3 is 2.57 bits per heavy atom. The second-order valence-corrected chi connectivity index (χ2v) is 6.15. The standard InChI is InChI=1S/C18H24N4O/c1-14-17(12-19-18(23)21-10-6-7-11-21)15(2)22(20-14)13-16-8-4-3-5-9-16/h3-5,8-9H,6-7,10-13H2,1-2H3,(H,19,23). The Bertz CT molecular complexity index is 672. The normalized spacial score (nSPS) is 14.3. The van der Waals surface area contributed by atoms with Crippen molar-refractivity contribution < 1.29 is 4.79 Å². The molecule has 5 nitrogen and oxygen atoms in total. The number of hydrogen-bond donors (Lipinski definition) is 1. The van der Waals surface area contributed by atoms with Crippen LogP contribution in [0.5, 0.6) is 0 Å². The zero-order valence-electron chi connectivity index (χ0n) is 13.9. The summed E-state index contributed by atoms with van der Waals surface area (Å²) in [4.78, 5) is 14.0. The van der Waals surface area contributed by atoms with Crippen molar-refractivity contribution >= 4 is 6.03 Å². The molecule has 0 bridgehead atoms. The Hall–Kier alpha value is -2.30. The molecule has 1 aliphatic rings. The topological polar surface area (TPSA) is 50.2 Å². The maximum Gasteiger partial charge on any atom is 0.317 e. The number of hydrogen-bond acceptors (Lipinski definition) is 2. The summed E-state index contributed by atoms with van der Waals surface area (Å²) in [5, 5.41) is 7.67. The third kappa shape index (κ3) is 3.55. The number of carbonyl (C=O) groups excluding carboxylic acids is 1. The summed E-state index contributed by atoms with van der Waals surface area (Å²) in [6, 6.07) is 10.3. The van der Waals surface area contributed by atoms with Crippen LogP contribution in [0, 0.1) is 13.8 Å². The van der Waals surface area contributed by atoms with Gasteiger partial charge in [0.1, 0.15) is 0 Å². The van der Waals surface area contributed by atoms with Crippen LogP contribution in [0.1, 0.15) is 35.4 Å². The monoisotopic (exact) mass is 312 g/mol. The molecule has 23 heavy (non-hydrogen) atoms. The van der Waals surface area contributed by atoms with E-state index in [4.69, 9.17) is 0 Å². The van der Waals surface area contributed by atoms with Crippen LogP contribution in [0.3, 0.4) is 0 Å². The number of aryl methyl sites for hydroxylation is 1. The van der Waals surface area contributed by atoms with Gasteiger partial charge in [-0.3, -0.25) is 4.68 Å². The number of amides is 2. The van der Waals surface area contributed by atoms with Gasteiger partial charge in [0.15, 0.2) is 0 Å². The van der Waals surface area contributed by atoms with E-state index in [1.54, 1.807) is 0 Å². The van der Waals surface area contributed by atoms with Gasteiger partial charge in [-0.25, -0.2) is 4.79 Å². The molecule has 1 fully saturated rings. The van der Waals surface area contributed by atoms with E-state index in [-0.39, 0.29) is 6.03 Å². The Morgan fingerprint density at radius 1 is 1.17 bits per heavy atom. The van der Waals surface area contributed by atoms with E-state index in [1.807, 2.05) is 34.7 Å². The maximum absolute atomic E-state index is 12.1. The maximum atomic E-state index is 12.1. The molecule has 5 heteroatoms. The second kappa shape index (κ2) is 6.86. The fourth-order valence-electron chi connectivity index (χ4n) is 3.10. The van der Waals surface area contributed by atoms with E-state index in [0.717, 1.165) is 49.4 Å². The quantitative estimate of drug-likeness (QED) is 0.944. The van der Waals surface area contributed by atoms with Gasteiger partial charge < -0.3 is 10.2 Å². The summed E-state index contributed by atoms with van der Waals surface area (Å²) in [6.07, 6.45) is 2.22. The average Bonchev–Trinajstić information content (AvgIpc) is 3.17. The highest BCUT2D eigenvalue weighted by Crippen LogP contribution is 2.15. The molecular formula is C18H24N4O. The summed E-state index contributed by atoms with van der Waals surface area (Å²) >= 11 is 0. The summed E-state index contributed by atoms with van der Waals surface area (Å²) in [6.45, 7) is 7.12. The zero-order valence-corrected chi connectivity index (χ0v) is 13.9. The lowest BCUT2D eigenvalue weighted by molar-refractivity contribution is 0.208. The first-order valence-electron chi connectivity index (χ1n) is 8.24. The van der Waals surface area contributed by atoms with E-state index in [9.17, 15) is 4.79 Å².